The summed E-state index contributed by atoms with van der Waals surface area (Å²) in [5.74, 6) is -0.00453. The predicted octanol–water partition coefficient (Wildman–Crippen LogP) is 5.09. The number of hydrogen-bond acceptors (Lipinski definition) is 5. The van der Waals surface area contributed by atoms with Gasteiger partial charge in [-0.3, -0.25) is 0 Å². The van der Waals surface area contributed by atoms with Crippen LogP contribution >= 0.6 is 0 Å². The third-order valence-electron chi connectivity index (χ3n) is 5.34. The molecule has 1 aliphatic heterocycles. The molecule has 0 spiro atoms. The highest BCUT2D eigenvalue weighted by Gasteiger charge is 2.31. The molecule has 0 aromatic heterocycles. The Hall–Kier alpha value is -4.30. The van der Waals surface area contributed by atoms with Crippen molar-refractivity contribution in [2.75, 3.05) is 0 Å². The summed E-state index contributed by atoms with van der Waals surface area (Å²) in [6.45, 7) is 2.09. The summed E-state index contributed by atoms with van der Waals surface area (Å²) in [5, 5.41) is 9.70. The molecule has 1 aliphatic rings. The van der Waals surface area contributed by atoms with Crippen LogP contribution in [-0.4, -0.2) is 5.97 Å². The minimum absolute atomic E-state index is 0.0528. The van der Waals surface area contributed by atoms with Gasteiger partial charge < -0.3 is 15.2 Å². The van der Waals surface area contributed by atoms with Crippen molar-refractivity contribution >= 4 is 12.0 Å². The van der Waals surface area contributed by atoms with E-state index in [9.17, 15) is 10.1 Å². The summed E-state index contributed by atoms with van der Waals surface area (Å²) in [7, 11) is 0. The van der Waals surface area contributed by atoms with Gasteiger partial charge in [-0.25, -0.2) is 4.79 Å². The van der Waals surface area contributed by atoms with Crippen LogP contribution in [0.5, 0.6) is 11.5 Å². The second-order valence-corrected chi connectivity index (χ2v) is 7.38. The molecule has 0 aliphatic carbocycles. The van der Waals surface area contributed by atoms with Gasteiger partial charge in [0.05, 0.1) is 5.92 Å². The normalized spacial score (nSPS) is 15.1. The Balaban J connectivity index is 1.60. The molecule has 0 radical (unpaired) electrons. The fraction of sp³-hybridized carbons (Fsp3) is 0.111. The second-order valence-electron chi connectivity index (χ2n) is 7.38. The van der Waals surface area contributed by atoms with Crippen LogP contribution in [0, 0.1) is 11.3 Å². The van der Waals surface area contributed by atoms with E-state index in [1.807, 2.05) is 54.6 Å². The van der Waals surface area contributed by atoms with Crippen LogP contribution in [0.1, 0.15) is 35.1 Å². The Morgan fingerprint density at radius 3 is 2.56 bits per heavy atom. The standard InChI is InChI=1S/C27H22N2O3/c1-2-18-8-11-20(12-9-18)26-22-14-13-21(16-24(22)32-27(29)23(26)17-28)31-25(30)15-10-19-6-4-3-5-7-19/h3-16,26H,2,29H2,1H3/b15-10+. The van der Waals surface area contributed by atoms with Gasteiger partial charge in [0.2, 0.25) is 5.88 Å². The van der Waals surface area contributed by atoms with Gasteiger partial charge >= 0.3 is 5.97 Å². The van der Waals surface area contributed by atoms with Gasteiger partial charge in [0, 0.05) is 17.7 Å². The van der Waals surface area contributed by atoms with E-state index in [1.165, 1.54) is 11.6 Å². The molecule has 2 N–H and O–H groups in total. The van der Waals surface area contributed by atoms with Crippen molar-refractivity contribution in [2.45, 2.75) is 19.3 Å². The smallest absolute Gasteiger partial charge is 0.336 e. The molecule has 3 aromatic rings. The quantitative estimate of drug-likeness (QED) is 0.352. The monoisotopic (exact) mass is 422 g/mol. The molecule has 4 rings (SSSR count). The first-order valence-electron chi connectivity index (χ1n) is 10.3. The Morgan fingerprint density at radius 2 is 1.88 bits per heavy atom. The van der Waals surface area contributed by atoms with Crippen LogP contribution in [0.15, 0.2) is 90.3 Å². The SMILES string of the molecule is CCc1ccc(C2C(C#N)=C(N)Oc3cc(OC(=O)/C=C/c4ccccc4)ccc32)cc1. The van der Waals surface area contributed by atoms with Crippen molar-refractivity contribution in [2.24, 2.45) is 5.73 Å². The number of fused-ring (bicyclic) bond motifs is 1. The summed E-state index contributed by atoms with van der Waals surface area (Å²) in [6, 6.07) is 24.9. The van der Waals surface area contributed by atoms with Crippen molar-refractivity contribution in [3.63, 3.8) is 0 Å². The molecule has 0 bridgehead atoms. The number of aryl methyl sites for hydroxylation is 1. The molecule has 1 atom stereocenters. The van der Waals surface area contributed by atoms with Gasteiger partial charge in [0.25, 0.3) is 0 Å². The van der Waals surface area contributed by atoms with E-state index >= 15 is 0 Å². The Labute approximate surface area is 187 Å². The first-order valence-corrected chi connectivity index (χ1v) is 10.3. The van der Waals surface area contributed by atoms with Gasteiger partial charge in [-0.2, -0.15) is 5.26 Å². The Kier molecular flexibility index (Phi) is 6.05. The zero-order chi connectivity index (χ0) is 22.5. The molecular formula is C27H22N2O3. The second kappa shape index (κ2) is 9.23. The highest BCUT2D eigenvalue weighted by molar-refractivity contribution is 5.88. The molecule has 3 aromatic carbocycles. The Morgan fingerprint density at radius 1 is 1.12 bits per heavy atom. The van der Waals surface area contributed by atoms with Crippen LogP contribution in [0.25, 0.3) is 6.08 Å². The molecule has 1 heterocycles. The number of carbonyl (C=O) groups is 1. The lowest BCUT2D eigenvalue weighted by Gasteiger charge is -2.26. The van der Waals surface area contributed by atoms with Crippen LogP contribution in [0.4, 0.5) is 0 Å². The number of nitriles is 1. The van der Waals surface area contributed by atoms with E-state index in [-0.39, 0.29) is 11.8 Å². The molecule has 32 heavy (non-hydrogen) atoms. The van der Waals surface area contributed by atoms with Crippen molar-refractivity contribution in [3.8, 4) is 17.6 Å². The van der Waals surface area contributed by atoms with Crippen LogP contribution in [0.3, 0.4) is 0 Å². The number of benzene rings is 3. The minimum Gasteiger partial charge on any atom is -0.440 e. The van der Waals surface area contributed by atoms with Gasteiger partial charge in [-0.1, -0.05) is 67.6 Å². The van der Waals surface area contributed by atoms with Crippen molar-refractivity contribution < 1.29 is 14.3 Å². The molecule has 0 amide bonds. The molecule has 158 valence electrons. The third-order valence-corrected chi connectivity index (χ3v) is 5.34. The maximum absolute atomic E-state index is 12.2. The maximum Gasteiger partial charge on any atom is 0.336 e. The van der Waals surface area contributed by atoms with E-state index in [4.69, 9.17) is 15.2 Å². The Bertz CT molecular complexity index is 1240. The maximum atomic E-state index is 12.2. The van der Waals surface area contributed by atoms with E-state index in [0.29, 0.717) is 17.1 Å². The summed E-state index contributed by atoms with van der Waals surface area (Å²) in [5.41, 5.74) is 10.3. The average molecular weight is 422 g/mol. The molecule has 0 saturated carbocycles. The van der Waals surface area contributed by atoms with Gasteiger partial charge in [-0.05, 0) is 35.3 Å². The van der Waals surface area contributed by atoms with Crippen molar-refractivity contribution in [1.29, 1.82) is 5.26 Å². The summed E-state index contributed by atoms with van der Waals surface area (Å²) in [6.07, 6.45) is 3.99. The lowest BCUT2D eigenvalue weighted by Crippen LogP contribution is -2.21. The average Bonchev–Trinajstić information content (AvgIpc) is 2.82. The fourth-order valence-corrected chi connectivity index (χ4v) is 3.67. The first-order chi connectivity index (χ1) is 15.6. The number of nitrogens with two attached hydrogens (primary N) is 1. The number of rotatable bonds is 5. The van der Waals surface area contributed by atoms with Crippen LogP contribution in [-0.2, 0) is 11.2 Å². The zero-order valence-electron chi connectivity index (χ0n) is 17.6. The molecule has 5 nitrogen and oxygen atoms in total. The van der Waals surface area contributed by atoms with E-state index in [2.05, 4.69) is 13.0 Å². The lowest BCUT2D eigenvalue weighted by molar-refractivity contribution is -0.128. The number of hydrogen-bond donors (Lipinski definition) is 1. The number of carbonyl (C=O) groups excluding carboxylic acids is 1. The summed E-state index contributed by atoms with van der Waals surface area (Å²) >= 11 is 0. The largest absolute Gasteiger partial charge is 0.440 e. The summed E-state index contributed by atoms with van der Waals surface area (Å²) in [4.78, 5) is 12.2. The molecule has 1 unspecified atom stereocenters. The third kappa shape index (κ3) is 4.40. The fourth-order valence-electron chi connectivity index (χ4n) is 3.67. The highest BCUT2D eigenvalue weighted by atomic mass is 16.5. The van der Waals surface area contributed by atoms with E-state index < -0.39 is 5.97 Å². The topological polar surface area (TPSA) is 85.3 Å². The lowest BCUT2D eigenvalue weighted by atomic mass is 9.83. The van der Waals surface area contributed by atoms with Crippen LogP contribution in [0.2, 0.25) is 0 Å². The highest BCUT2D eigenvalue weighted by Crippen LogP contribution is 2.43. The number of esters is 1. The first kappa shape index (κ1) is 21.0. The molecule has 0 saturated heterocycles. The molecule has 0 fully saturated rings. The number of allylic oxidation sites excluding steroid dienone is 1. The molecule has 5 heteroatoms. The van der Waals surface area contributed by atoms with Gasteiger partial charge in [0.1, 0.15) is 23.1 Å². The van der Waals surface area contributed by atoms with Crippen molar-refractivity contribution in [1.82, 2.24) is 0 Å². The minimum atomic E-state index is -0.502. The predicted molar refractivity (Wildman–Crippen MR) is 123 cm³/mol. The van der Waals surface area contributed by atoms with Crippen molar-refractivity contribution in [3.05, 3.63) is 113 Å². The van der Waals surface area contributed by atoms with Gasteiger partial charge in [0.15, 0.2) is 0 Å². The van der Waals surface area contributed by atoms with E-state index in [0.717, 1.165) is 23.1 Å². The number of ether oxygens (including phenoxy) is 2. The van der Waals surface area contributed by atoms with Gasteiger partial charge in [-0.15, -0.1) is 0 Å². The summed E-state index contributed by atoms with van der Waals surface area (Å²) < 4.78 is 11.1. The zero-order valence-corrected chi connectivity index (χ0v) is 17.6. The van der Waals surface area contributed by atoms with E-state index in [1.54, 1.807) is 24.3 Å². The number of nitrogens with zero attached hydrogens (tertiary/aromatic N) is 1. The van der Waals surface area contributed by atoms with Crippen LogP contribution < -0.4 is 15.2 Å². The molecular weight excluding hydrogens is 400 g/mol.